The molecule has 3 heterocycles. The molecule has 0 bridgehead atoms. The lowest BCUT2D eigenvalue weighted by molar-refractivity contribution is 0.425. The Morgan fingerprint density at radius 3 is 3.00 bits per heavy atom. The van der Waals surface area contributed by atoms with E-state index in [9.17, 15) is 4.39 Å². The van der Waals surface area contributed by atoms with Crippen LogP contribution in [0.25, 0.3) is 11.5 Å². The second-order valence-electron chi connectivity index (χ2n) is 6.22. The van der Waals surface area contributed by atoms with Crippen molar-refractivity contribution in [2.45, 2.75) is 19.4 Å². The smallest absolute Gasteiger partial charge is 0.261 e. The van der Waals surface area contributed by atoms with Gasteiger partial charge in [0.2, 0.25) is 0 Å². The van der Waals surface area contributed by atoms with Crippen LogP contribution in [0.3, 0.4) is 0 Å². The van der Waals surface area contributed by atoms with Gasteiger partial charge in [0.05, 0.1) is 10.6 Å². The van der Waals surface area contributed by atoms with Crippen molar-refractivity contribution in [1.29, 1.82) is 0 Å². The molecule has 0 amide bonds. The predicted molar refractivity (Wildman–Crippen MR) is 97.9 cm³/mol. The zero-order valence-corrected chi connectivity index (χ0v) is 14.9. The molecule has 0 saturated carbocycles. The second-order valence-corrected chi connectivity index (χ2v) is 6.63. The molecule has 4 rings (SSSR count). The molecule has 1 N–H and O–H groups in total. The van der Waals surface area contributed by atoms with Crippen LogP contribution in [0, 0.1) is 12.7 Å². The SMILES string of the molecule is Cc1noc(-c2cccnc2NC2CCN(c3ccc(F)c(Cl)c3)C2)n1. The van der Waals surface area contributed by atoms with Crippen LogP contribution in [0.5, 0.6) is 0 Å². The van der Waals surface area contributed by atoms with Gasteiger partial charge < -0.3 is 14.7 Å². The molecule has 1 saturated heterocycles. The number of hydrogen-bond donors (Lipinski definition) is 1. The van der Waals surface area contributed by atoms with E-state index >= 15 is 0 Å². The zero-order chi connectivity index (χ0) is 18.1. The molecule has 0 spiro atoms. The maximum absolute atomic E-state index is 13.4. The van der Waals surface area contributed by atoms with E-state index in [1.807, 2.05) is 12.1 Å². The highest BCUT2D eigenvalue weighted by Gasteiger charge is 2.25. The van der Waals surface area contributed by atoms with Gasteiger partial charge in [0, 0.05) is 31.0 Å². The summed E-state index contributed by atoms with van der Waals surface area (Å²) in [6.45, 7) is 3.39. The molecule has 0 aliphatic carbocycles. The van der Waals surface area contributed by atoms with Gasteiger partial charge in [0.25, 0.3) is 5.89 Å². The highest BCUT2D eigenvalue weighted by Crippen LogP contribution is 2.29. The maximum atomic E-state index is 13.4. The van der Waals surface area contributed by atoms with Gasteiger partial charge in [-0.25, -0.2) is 9.37 Å². The molecule has 1 aliphatic heterocycles. The Labute approximate surface area is 155 Å². The summed E-state index contributed by atoms with van der Waals surface area (Å²) in [5.41, 5.74) is 1.69. The Morgan fingerprint density at radius 2 is 2.23 bits per heavy atom. The van der Waals surface area contributed by atoms with Crippen LogP contribution in [-0.2, 0) is 0 Å². The van der Waals surface area contributed by atoms with Crippen molar-refractivity contribution in [3.63, 3.8) is 0 Å². The third-order valence-corrected chi connectivity index (χ3v) is 4.65. The molecular weight excluding hydrogens is 357 g/mol. The molecule has 2 aromatic heterocycles. The van der Waals surface area contributed by atoms with Crippen molar-refractivity contribution >= 4 is 23.1 Å². The summed E-state index contributed by atoms with van der Waals surface area (Å²) in [7, 11) is 0. The van der Waals surface area contributed by atoms with E-state index in [1.54, 1.807) is 25.3 Å². The van der Waals surface area contributed by atoms with Gasteiger partial charge in [0.1, 0.15) is 11.6 Å². The summed E-state index contributed by atoms with van der Waals surface area (Å²) < 4.78 is 18.6. The van der Waals surface area contributed by atoms with E-state index in [0.717, 1.165) is 30.8 Å². The molecule has 26 heavy (non-hydrogen) atoms. The minimum Gasteiger partial charge on any atom is -0.369 e. The number of benzene rings is 1. The van der Waals surface area contributed by atoms with Gasteiger partial charge in [-0.05, 0) is 43.7 Å². The van der Waals surface area contributed by atoms with Crippen molar-refractivity contribution in [1.82, 2.24) is 15.1 Å². The van der Waals surface area contributed by atoms with Crippen LogP contribution in [0.15, 0.2) is 41.1 Å². The number of nitrogens with zero attached hydrogens (tertiary/aromatic N) is 4. The Kier molecular flexibility index (Phi) is 4.46. The van der Waals surface area contributed by atoms with Gasteiger partial charge in [-0.15, -0.1) is 0 Å². The van der Waals surface area contributed by atoms with Crippen LogP contribution < -0.4 is 10.2 Å². The quantitative estimate of drug-likeness (QED) is 0.747. The van der Waals surface area contributed by atoms with E-state index in [0.29, 0.717) is 17.5 Å². The molecule has 1 fully saturated rings. The standard InChI is InChI=1S/C18H17ClFN5O/c1-11-22-18(26-24-11)14-3-2-7-21-17(14)23-12-6-8-25(10-12)13-4-5-16(20)15(19)9-13/h2-5,7,9,12H,6,8,10H2,1H3,(H,21,23). The summed E-state index contributed by atoms with van der Waals surface area (Å²) in [6.07, 6.45) is 2.65. The first-order valence-corrected chi connectivity index (χ1v) is 8.70. The Hall–Kier alpha value is -2.67. The number of aryl methyl sites for hydroxylation is 1. The molecule has 1 unspecified atom stereocenters. The van der Waals surface area contributed by atoms with E-state index in [4.69, 9.17) is 16.1 Å². The molecular formula is C18H17ClFN5O. The Balaban J connectivity index is 1.50. The Morgan fingerprint density at radius 1 is 1.35 bits per heavy atom. The van der Waals surface area contributed by atoms with Crippen molar-refractivity contribution in [2.75, 3.05) is 23.3 Å². The summed E-state index contributed by atoms with van der Waals surface area (Å²) >= 11 is 5.90. The van der Waals surface area contributed by atoms with Gasteiger partial charge in [-0.3, -0.25) is 0 Å². The first-order chi connectivity index (χ1) is 12.6. The summed E-state index contributed by atoms with van der Waals surface area (Å²) in [4.78, 5) is 10.9. The summed E-state index contributed by atoms with van der Waals surface area (Å²) in [5.74, 6) is 1.32. The summed E-state index contributed by atoms with van der Waals surface area (Å²) in [5, 5.41) is 7.43. The largest absolute Gasteiger partial charge is 0.369 e. The maximum Gasteiger partial charge on any atom is 0.261 e. The van der Waals surface area contributed by atoms with Crippen molar-refractivity contribution < 1.29 is 8.91 Å². The second kappa shape index (κ2) is 6.92. The van der Waals surface area contributed by atoms with Crippen molar-refractivity contribution in [3.8, 4) is 11.5 Å². The summed E-state index contributed by atoms with van der Waals surface area (Å²) in [6, 6.07) is 8.73. The van der Waals surface area contributed by atoms with Crippen LogP contribution in [0.2, 0.25) is 5.02 Å². The number of aromatic nitrogens is 3. The third kappa shape index (κ3) is 3.35. The Bertz CT molecular complexity index is 931. The lowest BCUT2D eigenvalue weighted by atomic mass is 10.2. The van der Waals surface area contributed by atoms with Crippen LogP contribution in [0.1, 0.15) is 12.2 Å². The first-order valence-electron chi connectivity index (χ1n) is 8.32. The van der Waals surface area contributed by atoms with E-state index < -0.39 is 5.82 Å². The average Bonchev–Trinajstić information content (AvgIpc) is 3.27. The van der Waals surface area contributed by atoms with Crippen LogP contribution >= 0.6 is 11.6 Å². The van der Waals surface area contributed by atoms with Crippen molar-refractivity contribution in [3.05, 3.63) is 53.2 Å². The van der Waals surface area contributed by atoms with Crippen LogP contribution in [0.4, 0.5) is 15.9 Å². The van der Waals surface area contributed by atoms with Gasteiger partial charge in [0.15, 0.2) is 5.82 Å². The molecule has 1 aliphatic rings. The fraction of sp³-hybridized carbons (Fsp3) is 0.278. The van der Waals surface area contributed by atoms with E-state index in [-0.39, 0.29) is 11.1 Å². The molecule has 3 aromatic rings. The third-order valence-electron chi connectivity index (χ3n) is 4.36. The number of hydrogen-bond acceptors (Lipinski definition) is 6. The highest BCUT2D eigenvalue weighted by molar-refractivity contribution is 6.31. The van der Waals surface area contributed by atoms with Gasteiger partial charge >= 0.3 is 0 Å². The van der Waals surface area contributed by atoms with E-state index in [2.05, 4.69) is 25.3 Å². The fourth-order valence-electron chi connectivity index (χ4n) is 3.09. The molecule has 8 heteroatoms. The molecule has 1 atom stereocenters. The number of pyridine rings is 1. The minimum absolute atomic E-state index is 0.137. The monoisotopic (exact) mass is 373 g/mol. The lowest BCUT2D eigenvalue weighted by Crippen LogP contribution is -2.26. The van der Waals surface area contributed by atoms with Gasteiger partial charge in [-0.1, -0.05) is 16.8 Å². The first kappa shape index (κ1) is 16.8. The number of anilines is 2. The van der Waals surface area contributed by atoms with Crippen molar-refractivity contribution in [2.24, 2.45) is 0 Å². The topological polar surface area (TPSA) is 67.1 Å². The minimum atomic E-state index is -0.405. The highest BCUT2D eigenvalue weighted by atomic mass is 35.5. The van der Waals surface area contributed by atoms with E-state index in [1.165, 1.54) is 6.07 Å². The molecule has 0 radical (unpaired) electrons. The zero-order valence-electron chi connectivity index (χ0n) is 14.1. The fourth-order valence-corrected chi connectivity index (χ4v) is 3.26. The number of rotatable bonds is 4. The lowest BCUT2D eigenvalue weighted by Gasteiger charge is -2.20. The number of halogens is 2. The van der Waals surface area contributed by atoms with Crippen LogP contribution in [-0.4, -0.2) is 34.3 Å². The van der Waals surface area contributed by atoms with Gasteiger partial charge in [-0.2, -0.15) is 4.98 Å². The predicted octanol–water partition coefficient (Wildman–Crippen LogP) is 3.92. The molecule has 1 aromatic carbocycles. The normalized spacial score (nSPS) is 16.9. The average molecular weight is 374 g/mol. The molecule has 6 nitrogen and oxygen atoms in total. The molecule has 134 valence electrons. The number of nitrogens with one attached hydrogen (secondary N) is 1.